The van der Waals surface area contributed by atoms with Crippen molar-refractivity contribution in [2.45, 2.75) is 12.8 Å². The highest BCUT2D eigenvalue weighted by Gasteiger charge is 2.29. The summed E-state index contributed by atoms with van der Waals surface area (Å²) in [6.45, 7) is 5.66. The van der Waals surface area contributed by atoms with Crippen LogP contribution in [0.1, 0.15) is 12.8 Å². The van der Waals surface area contributed by atoms with Gasteiger partial charge in [0.25, 0.3) is 0 Å². The second-order valence-corrected chi connectivity index (χ2v) is 7.95. The van der Waals surface area contributed by atoms with Crippen LogP contribution in [0.3, 0.4) is 0 Å². The molecule has 0 unspecified atom stereocenters. The third-order valence-corrected chi connectivity index (χ3v) is 5.97. The van der Waals surface area contributed by atoms with Gasteiger partial charge in [-0.2, -0.15) is 0 Å². The maximum absolute atomic E-state index is 11.6. The minimum atomic E-state index is 0.238. The fraction of sp³-hybridized carbons (Fsp3) is 0.529. The fourth-order valence-corrected chi connectivity index (χ4v) is 4.30. The lowest BCUT2D eigenvalue weighted by Crippen LogP contribution is -2.48. The van der Waals surface area contributed by atoms with Crippen molar-refractivity contribution in [3.63, 3.8) is 0 Å². The number of piperazine rings is 1. The molecule has 1 N–H and O–H groups in total. The number of carbonyl (C=O) groups is 1. The van der Waals surface area contributed by atoms with Gasteiger partial charge in [-0.15, -0.1) is 0 Å². The van der Waals surface area contributed by atoms with E-state index in [1.165, 1.54) is 0 Å². The van der Waals surface area contributed by atoms with Gasteiger partial charge in [-0.25, -0.2) is 4.98 Å². The Morgan fingerprint density at radius 2 is 2.08 bits per heavy atom. The van der Waals surface area contributed by atoms with Crippen molar-refractivity contribution < 1.29 is 4.79 Å². The molecule has 0 radical (unpaired) electrons. The number of rotatable bonds is 5. The van der Waals surface area contributed by atoms with Crippen LogP contribution in [0.15, 0.2) is 18.2 Å². The molecule has 2 aromatic rings. The van der Waals surface area contributed by atoms with Gasteiger partial charge in [0.05, 0.1) is 10.2 Å². The molecule has 0 spiro atoms. The summed E-state index contributed by atoms with van der Waals surface area (Å²) in [5, 5.41) is 4.88. The number of amides is 1. The summed E-state index contributed by atoms with van der Waals surface area (Å²) < 4.78 is 1.14. The summed E-state index contributed by atoms with van der Waals surface area (Å²) in [5.41, 5.74) is 1.02. The molecule has 1 aromatic heterocycles. The summed E-state index contributed by atoms with van der Waals surface area (Å²) in [4.78, 5) is 21.1. The number of benzene rings is 1. The first kappa shape index (κ1) is 16.1. The summed E-state index contributed by atoms with van der Waals surface area (Å²) in [7, 11) is 0. The van der Waals surface area contributed by atoms with E-state index >= 15 is 0 Å². The highest BCUT2D eigenvalue weighted by Crippen LogP contribution is 2.31. The van der Waals surface area contributed by atoms with E-state index < -0.39 is 0 Å². The van der Waals surface area contributed by atoms with Gasteiger partial charge in [-0.3, -0.25) is 9.69 Å². The number of halogens is 1. The fourth-order valence-electron chi connectivity index (χ4n) is 3.01. The van der Waals surface area contributed by atoms with Gasteiger partial charge in [0, 0.05) is 50.2 Å². The van der Waals surface area contributed by atoms with E-state index in [0.717, 1.165) is 72.5 Å². The molecule has 2 aliphatic rings. The predicted octanol–water partition coefficient (Wildman–Crippen LogP) is 2.60. The van der Waals surface area contributed by atoms with Gasteiger partial charge in [-0.1, -0.05) is 22.9 Å². The molecule has 4 rings (SSSR count). The molecule has 0 bridgehead atoms. The van der Waals surface area contributed by atoms with E-state index in [2.05, 4.69) is 15.1 Å². The normalized spacial score (nSPS) is 19.0. The molecule has 5 nitrogen and oxygen atoms in total. The first-order valence-electron chi connectivity index (χ1n) is 8.50. The minimum absolute atomic E-state index is 0.238. The molecule has 7 heteroatoms. The Morgan fingerprint density at radius 1 is 1.29 bits per heavy atom. The molecule has 1 saturated carbocycles. The molecule has 1 amide bonds. The van der Waals surface area contributed by atoms with Crippen molar-refractivity contribution in [3.8, 4) is 0 Å². The monoisotopic (exact) mass is 364 g/mol. The number of hydrogen-bond acceptors (Lipinski definition) is 5. The lowest BCUT2D eigenvalue weighted by Gasteiger charge is -2.34. The maximum Gasteiger partial charge on any atom is 0.223 e. The van der Waals surface area contributed by atoms with Gasteiger partial charge in [0.1, 0.15) is 0 Å². The second-order valence-electron chi connectivity index (χ2n) is 6.50. The third kappa shape index (κ3) is 3.66. The lowest BCUT2D eigenvalue weighted by atomic mass is 10.3. The summed E-state index contributed by atoms with van der Waals surface area (Å²) in [6, 6.07) is 5.86. The zero-order valence-electron chi connectivity index (χ0n) is 13.5. The first-order valence-corrected chi connectivity index (χ1v) is 9.69. The van der Waals surface area contributed by atoms with Crippen LogP contribution in [-0.4, -0.2) is 55.1 Å². The van der Waals surface area contributed by atoms with Crippen LogP contribution in [0.5, 0.6) is 0 Å². The molecule has 2 heterocycles. The second kappa shape index (κ2) is 6.86. The van der Waals surface area contributed by atoms with E-state index in [1.54, 1.807) is 11.3 Å². The minimum Gasteiger partial charge on any atom is -0.355 e. The van der Waals surface area contributed by atoms with Gasteiger partial charge < -0.3 is 10.2 Å². The van der Waals surface area contributed by atoms with E-state index in [1.807, 2.05) is 18.2 Å². The van der Waals surface area contributed by atoms with E-state index in [0.29, 0.717) is 5.92 Å². The van der Waals surface area contributed by atoms with Crippen LogP contribution in [-0.2, 0) is 4.79 Å². The smallest absolute Gasteiger partial charge is 0.223 e. The Labute approximate surface area is 150 Å². The van der Waals surface area contributed by atoms with Crippen molar-refractivity contribution in [1.82, 2.24) is 15.2 Å². The van der Waals surface area contributed by atoms with Crippen molar-refractivity contribution in [1.29, 1.82) is 0 Å². The Kier molecular flexibility index (Phi) is 4.61. The van der Waals surface area contributed by atoms with Crippen LogP contribution in [0.4, 0.5) is 5.13 Å². The van der Waals surface area contributed by atoms with Crippen molar-refractivity contribution in [2.24, 2.45) is 5.92 Å². The quantitative estimate of drug-likeness (QED) is 0.886. The average molecular weight is 365 g/mol. The number of nitrogens with zero attached hydrogens (tertiary/aromatic N) is 3. The molecule has 0 atom stereocenters. The molecule has 1 aliphatic carbocycles. The Hall–Kier alpha value is -1.37. The highest BCUT2D eigenvalue weighted by atomic mass is 35.5. The SMILES string of the molecule is O=C(NCCN1CCN(c2nc3ccc(Cl)cc3s2)CC1)C1CC1. The van der Waals surface area contributed by atoms with Gasteiger partial charge in [0.2, 0.25) is 5.91 Å². The third-order valence-electron chi connectivity index (χ3n) is 4.66. The molecular formula is C17H21ClN4OS. The number of hydrogen-bond donors (Lipinski definition) is 1. The number of fused-ring (bicyclic) bond motifs is 1. The van der Waals surface area contributed by atoms with Gasteiger partial charge in [0.15, 0.2) is 5.13 Å². The average Bonchev–Trinajstić information content (AvgIpc) is 3.35. The lowest BCUT2D eigenvalue weighted by molar-refractivity contribution is -0.122. The van der Waals surface area contributed by atoms with Crippen LogP contribution >= 0.6 is 22.9 Å². The highest BCUT2D eigenvalue weighted by molar-refractivity contribution is 7.22. The van der Waals surface area contributed by atoms with E-state index in [-0.39, 0.29) is 5.91 Å². The van der Waals surface area contributed by atoms with E-state index in [4.69, 9.17) is 16.6 Å². The number of anilines is 1. The van der Waals surface area contributed by atoms with Gasteiger partial charge >= 0.3 is 0 Å². The summed E-state index contributed by atoms with van der Waals surface area (Å²) >= 11 is 7.76. The zero-order chi connectivity index (χ0) is 16.5. The zero-order valence-corrected chi connectivity index (χ0v) is 15.1. The molecule has 24 heavy (non-hydrogen) atoms. The molecule has 1 saturated heterocycles. The van der Waals surface area contributed by atoms with Crippen LogP contribution in [0.25, 0.3) is 10.2 Å². The molecular weight excluding hydrogens is 344 g/mol. The topological polar surface area (TPSA) is 48.5 Å². The summed E-state index contributed by atoms with van der Waals surface area (Å²) in [5.74, 6) is 0.538. The Morgan fingerprint density at radius 3 is 2.83 bits per heavy atom. The van der Waals surface area contributed by atoms with Crippen molar-refractivity contribution >= 4 is 44.2 Å². The van der Waals surface area contributed by atoms with E-state index in [9.17, 15) is 4.79 Å². The van der Waals surface area contributed by atoms with Crippen LogP contribution < -0.4 is 10.2 Å². The van der Waals surface area contributed by atoms with Crippen molar-refractivity contribution in [3.05, 3.63) is 23.2 Å². The predicted molar refractivity (Wildman–Crippen MR) is 99.0 cm³/mol. The molecule has 128 valence electrons. The van der Waals surface area contributed by atoms with Crippen molar-refractivity contribution in [2.75, 3.05) is 44.2 Å². The number of nitrogens with one attached hydrogen (secondary N) is 1. The van der Waals surface area contributed by atoms with Crippen LogP contribution in [0.2, 0.25) is 5.02 Å². The molecule has 1 aliphatic heterocycles. The summed E-state index contributed by atoms with van der Waals surface area (Å²) in [6.07, 6.45) is 2.13. The van der Waals surface area contributed by atoms with Gasteiger partial charge in [-0.05, 0) is 31.0 Å². The number of thiazole rings is 1. The number of carbonyl (C=O) groups excluding carboxylic acids is 1. The largest absolute Gasteiger partial charge is 0.355 e. The first-order chi connectivity index (χ1) is 11.7. The maximum atomic E-state index is 11.6. The standard InChI is InChI=1S/C17H21ClN4OS/c18-13-3-4-14-15(11-13)24-17(20-14)22-9-7-21(8-10-22)6-5-19-16(23)12-1-2-12/h3-4,11-12H,1-2,5-10H2,(H,19,23). The molecule has 2 fully saturated rings. The number of aromatic nitrogens is 1. The van der Waals surface area contributed by atoms with Crippen LogP contribution in [0, 0.1) is 5.92 Å². The Bertz CT molecular complexity index is 737. The Balaban J connectivity index is 1.27. The molecule has 1 aromatic carbocycles.